The Morgan fingerprint density at radius 1 is 1.24 bits per heavy atom. The van der Waals surface area contributed by atoms with Gasteiger partial charge in [-0.15, -0.1) is 0 Å². The van der Waals surface area contributed by atoms with Crippen LogP contribution in [0.1, 0.15) is 42.5 Å². The molecule has 5 nitrogen and oxygen atoms in total. The van der Waals surface area contributed by atoms with Crippen LogP contribution in [0.3, 0.4) is 0 Å². The van der Waals surface area contributed by atoms with E-state index in [0.29, 0.717) is 12.0 Å². The minimum absolute atomic E-state index is 0.137. The lowest BCUT2D eigenvalue weighted by Crippen LogP contribution is -2.41. The highest BCUT2D eigenvalue weighted by Gasteiger charge is 2.16. The van der Waals surface area contributed by atoms with E-state index in [1.807, 2.05) is 57.5 Å². The van der Waals surface area contributed by atoms with Crippen LogP contribution >= 0.6 is 21.6 Å². The van der Waals surface area contributed by atoms with Gasteiger partial charge >= 0.3 is 0 Å². The summed E-state index contributed by atoms with van der Waals surface area (Å²) >= 11 is 0. The summed E-state index contributed by atoms with van der Waals surface area (Å²) in [6.07, 6.45) is 6.60. The lowest BCUT2D eigenvalue weighted by Gasteiger charge is -2.08. The average molecular weight is 378 g/mol. The van der Waals surface area contributed by atoms with Crippen LogP contribution in [0.2, 0.25) is 0 Å². The van der Waals surface area contributed by atoms with Crippen LogP contribution in [0.5, 0.6) is 0 Å². The monoisotopic (exact) mass is 377 g/mol. The van der Waals surface area contributed by atoms with Crippen molar-refractivity contribution in [2.75, 3.05) is 5.75 Å². The van der Waals surface area contributed by atoms with Gasteiger partial charge in [-0.2, -0.15) is 0 Å². The van der Waals surface area contributed by atoms with Gasteiger partial charge in [-0.05, 0) is 25.3 Å². The molecule has 3 rings (SSSR count). The number of aryl methyl sites for hydroxylation is 1. The van der Waals surface area contributed by atoms with Gasteiger partial charge in [0.25, 0.3) is 5.91 Å². The summed E-state index contributed by atoms with van der Waals surface area (Å²) in [7, 11) is 5.82. The summed E-state index contributed by atoms with van der Waals surface area (Å²) in [5, 5.41) is 1.63. The third kappa shape index (κ3) is 4.73. The second-order valence-corrected chi connectivity index (χ2v) is 9.04. The molecule has 2 heterocycles. The summed E-state index contributed by atoms with van der Waals surface area (Å²) in [5.74, 6) is 0.822. The molecule has 0 radical (unpaired) electrons. The molecule has 134 valence electrons. The second kappa shape index (κ2) is 8.67. The predicted octanol–water partition coefficient (Wildman–Crippen LogP) is 3.65. The van der Waals surface area contributed by atoms with Crippen molar-refractivity contribution in [2.45, 2.75) is 37.4 Å². The lowest BCUT2D eigenvalue weighted by molar-refractivity contribution is -0.122. The number of para-hydroxylation sites is 1. The maximum Gasteiger partial charge on any atom is 0.271 e. The minimum atomic E-state index is -0.287. The molecule has 0 aliphatic carbocycles. The fraction of sp³-hybridized carbons (Fsp3) is 0.444. The maximum atomic E-state index is 12.3. The smallest absolute Gasteiger partial charge is 0.271 e. The molecule has 2 N–H and O–H groups in total. The number of rotatable bonds is 6. The van der Waals surface area contributed by atoms with E-state index in [9.17, 15) is 9.59 Å². The van der Waals surface area contributed by atoms with Gasteiger partial charge in [-0.25, -0.2) is 0 Å². The van der Waals surface area contributed by atoms with Crippen molar-refractivity contribution in [1.82, 2.24) is 15.4 Å². The van der Waals surface area contributed by atoms with Crippen molar-refractivity contribution >= 4 is 44.3 Å². The fourth-order valence-electron chi connectivity index (χ4n) is 3.00. The molecule has 1 aliphatic heterocycles. The number of aromatic nitrogens is 1. The number of hydrazine groups is 1. The number of nitrogens with one attached hydrogen (secondary N) is 2. The van der Waals surface area contributed by atoms with Crippen molar-refractivity contribution in [3.63, 3.8) is 0 Å². The average Bonchev–Trinajstić information content (AvgIpc) is 3.25. The van der Waals surface area contributed by atoms with Crippen molar-refractivity contribution in [3.05, 3.63) is 36.0 Å². The van der Waals surface area contributed by atoms with Gasteiger partial charge in [0.05, 0.1) is 5.56 Å². The highest BCUT2D eigenvalue weighted by atomic mass is 33.1. The van der Waals surface area contributed by atoms with Crippen molar-refractivity contribution in [2.24, 2.45) is 7.05 Å². The third-order valence-corrected chi connectivity index (χ3v) is 7.37. The number of benzene rings is 1. The van der Waals surface area contributed by atoms with Crippen LogP contribution in [-0.4, -0.2) is 27.4 Å². The Balaban J connectivity index is 1.42. The standard InChI is InChI=1S/C18H23N3O2S2/c1-21-12-15(14-7-3-4-8-16(14)21)18(23)20-19-17(22)9-5-2-6-13-10-11-24-25-13/h3-4,7-8,12-13H,2,5-6,9-11H2,1H3,(H,19,22)(H,20,23). The van der Waals surface area contributed by atoms with Crippen molar-refractivity contribution in [1.29, 1.82) is 0 Å². The highest BCUT2D eigenvalue weighted by molar-refractivity contribution is 8.77. The summed E-state index contributed by atoms with van der Waals surface area (Å²) < 4.78 is 1.91. The van der Waals surface area contributed by atoms with Crippen LogP contribution < -0.4 is 10.9 Å². The van der Waals surface area contributed by atoms with Crippen molar-refractivity contribution in [3.8, 4) is 0 Å². The second-order valence-electron chi connectivity index (χ2n) is 6.25. The van der Waals surface area contributed by atoms with Gasteiger partial charge in [-0.3, -0.25) is 20.4 Å². The topological polar surface area (TPSA) is 63.1 Å². The van der Waals surface area contributed by atoms with E-state index < -0.39 is 0 Å². The quantitative estimate of drug-likeness (QED) is 0.458. The molecular formula is C18H23N3O2S2. The summed E-state index contributed by atoms with van der Waals surface area (Å²) in [6.45, 7) is 0. The Kier molecular flexibility index (Phi) is 6.31. The van der Waals surface area contributed by atoms with Crippen LogP contribution in [0, 0.1) is 0 Å². The SMILES string of the molecule is Cn1cc(C(=O)NNC(=O)CCCCC2CCSS2)c2ccccc21. The van der Waals surface area contributed by atoms with E-state index in [1.54, 1.807) is 6.20 Å². The first-order valence-corrected chi connectivity index (χ1v) is 10.9. The first-order chi connectivity index (χ1) is 12.1. The molecule has 1 atom stereocenters. The minimum Gasteiger partial charge on any atom is -0.350 e. The lowest BCUT2D eigenvalue weighted by atomic mass is 10.1. The molecule has 2 aromatic rings. The Bertz CT molecular complexity index is 754. The molecule has 1 saturated heterocycles. The summed E-state index contributed by atoms with van der Waals surface area (Å²) in [5.41, 5.74) is 6.61. The number of unbranched alkanes of at least 4 members (excludes halogenated alkanes) is 1. The van der Waals surface area contributed by atoms with E-state index >= 15 is 0 Å². The number of hydrogen-bond acceptors (Lipinski definition) is 4. The van der Waals surface area contributed by atoms with Crippen LogP contribution in [-0.2, 0) is 11.8 Å². The van der Waals surface area contributed by atoms with E-state index in [-0.39, 0.29) is 11.8 Å². The van der Waals surface area contributed by atoms with Crippen LogP contribution in [0.25, 0.3) is 10.9 Å². The Morgan fingerprint density at radius 3 is 2.88 bits per heavy atom. The molecule has 0 bridgehead atoms. The summed E-state index contributed by atoms with van der Waals surface area (Å²) in [4.78, 5) is 24.2. The maximum absolute atomic E-state index is 12.3. The molecule has 2 amide bonds. The van der Waals surface area contributed by atoms with Crippen molar-refractivity contribution < 1.29 is 9.59 Å². The fourth-order valence-corrected chi connectivity index (χ4v) is 6.03. The molecule has 0 saturated carbocycles. The number of nitrogens with zero attached hydrogens (tertiary/aromatic N) is 1. The molecule has 25 heavy (non-hydrogen) atoms. The first-order valence-electron chi connectivity index (χ1n) is 8.56. The van der Waals surface area contributed by atoms with Gasteiger partial charge in [0.2, 0.25) is 5.91 Å². The predicted molar refractivity (Wildman–Crippen MR) is 105 cm³/mol. The van der Waals surface area contributed by atoms with Crippen LogP contribution in [0.15, 0.2) is 30.5 Å². The number of fused-ring (bicyclic) bond motifs is 1. The molecule has 1 aromatic heterocycles. The van der Waals surface area contributed by atoms with Gasteiger partial charge in [-0.1, -0.05) is 46.2 Å². The Morgan fingerprint density at radius 2 is 2.08 bits per heavy atom. The third-order valence-electron chi connectivity index (χ3n) is 4.36. The van der Waals surface area contributed by atoms with Gasteiger partial charge in [0, 0.05) is 41.6 Å². The zero-order valence-corrected chi connectivity index (χ0v) is 15.9. The zero-order chi connectivity index (χ0) is 17.6. The molecular weight excluding hydrogens is 354 g/mol. The van der Waals surface area contributed by atoms with E-state index in [0.717, 1.165) is 29.0 Å². The summed E-state index contributed by atoms with van der Waals surface area (Å²) in [6, 6.07) is 7.71. The molecule has 1 aliphatic rings. The Labute approximate surface area is 155 Å². The number of carbonyl (C=O) groups excluding carboxylic acids is 2. The first kappa shape index (κ1) is 18.2. The van der Waals surface area contributed by atoms with Gasteiger partial charge in [0.1, 0.15) is 0 Å². The largest absolute Gasteiger partial charge is 0.350 e. The number of hydrogen-bond donors (Lipinski definition) is 2. The molecule has 0 spiro atoms. The van der Waals surface area contributed by atoms with Gasteiger partial charge < -0.3 is 4.57 Å². The highest BCUT2D eigenvalue weighted by Crippen LogP contribution is 2.39. The van der Waals surface area contributed by atoms with E-state index in [1.165, 1.54) is 18.6 Å². The molecule has 1 fully saturated rings. The normalized spacial score (nSPS) is 16.9. The molecule has 1 aromatic carbocycles. The van der Waals surface area contributed by atoms with Gasteiger partial charge in [0.15, 0.2) is 0 Å². The van der Waals surface area contributed by atoms with E-state index in [2.05, 4.69) is 10.9 Å². The zero-order valence-electron chi connectivity index (χ0n) is 14.3. The molecule has 7 heteroatoms. The molecule has 1 unspecified atom stereocenters. The number of carbonyl (C=O) groups is 2. The number of amides is 2. The Hall–Kier alpha value is -1.60. The van der Waals surface area contributed by atoms with E-state index in [4.69, 9.17) is 0 Å². The van der Waals surface area contributed by atoms with Crippen LogP contribution in [0.4, 0.5) is 0 Å².